The molecule has 1 aromatic heterocycles. The van der Waals surface area contributed by atoms with E-state index in [0.29, 0.717) is 15.6 Å². The number of nitrogens with one attached hydrogen (secondary N) is 1. The molecular formula is C30H24Cl2N2O8. The Kier molecular flexibility index (Phi) is 10.8. The van der Waals surface area contributed by atoms with Crippen LogP contribution in [0, 0.1) is 0 Å². The average Bonchev–Trinajstić information content (AvgIpc) is 2.92. The second-order valence-electron chi connectivity index (χ2n) is 8.95. The maximum absolute atomic E-state index is 12.6. The van der Waals surface area contributed by atoms with Gasteiger partial charge in [-0.05, 0) is 60.2 Å². The predicted molar refractivity (Wildman–Crippen MR) is 158 cm³/mol. The molecule has 1 heterocycles. The summed E-state index contributed by atoms with van der Waals surface area (Å²) >= 11 is 11.9. The highest BCUT2D eigenvalue weighted by molar-refractivity contribution is 6.31. The number of carbonyl (C=O) groups is 4. The van der Waals surface area contributed by atoms with E-state index in [1.807, 2.05) is 54.6 Å². The molecular weight excluding hydrogens is 587 g/mol. The molecule has 0 spiro atoms. The van der Waals surface area contributed by atoms with E-state index >= 15 is 0 Å². The third-order valence-electron chi connectivity index (χ3n) is 5.71. The smallest absolute Gasteiger partial charge is 0.336 e. The van der Waals surface area contributed by atoms with Crippen LogP contribution in [-0.2, 0) is 14.4 Å². The third-order valence-corrected chi connectivity index (χ3v) is 6.20. The molecule has 42 heavy (non-hydrogen) atoms. The maximum atomic E-state index is 12.6. The highest BCUT2D eigenvalue weighted by atomic mass is 35.5. The molecule has 0 aliphatic carbocycles. The Morgan fingerprint density at radius 1 is 0.833 bits per heavy atom. The van der Waals surface area contributed by atoms with Crippen molar-refractivity contribution < 1.29 is 39.6 Å². The van der Waals surface area contributed by atoms with Crippen LogP contribution in [0.1, 0.15) is 28.8 Å². The number of rotatable bonds is 10. The van der Waals surface area contributed by atoms with Crippen molar-refractivity contribution >= 4 is 75.2 Å². The zero-order chi connectivity index (χ0) is 30.9. The largest absolute Gasteiger partial charge is 0.481 e. The summed E-state index contributed by atoms with van der Waals surface area (Å²) in [6.45, 7) is 0. The summed E-state index contributed by atoms with van der Waals surface area (Å²) in [5, 5.41) is 39.4. The van der Waals surface area contributed by atoms with Crippen LogP contribution in [0.5, 0.6) is 0 Å². The van der Waals surface area contributed by atoms with E-state index in [0.717, 1.165) is 27.8 Å². The Hall–Kier alpha value is -4.77. The summed E-state index contributed by atoms with van der Waals surface area (Å²) in [5.74, 6) is -5.09. The standard InChI is InChI=1S/C24H16Cl2N2O.C6H8O7/c25-18-7-4-16(5-8-18)6-11-24(29)17-2-1-3-20(14-17)28-22-12-13-27-23-15-19(26)9-10-21(22)23;7-3(8)1-6(13,5(11)12)2-4(9)10/h1-15H,(H,27,28);13H,1-2H2,(H,7,8)(H,9,10)(H,11,12)/b11-6+;. The van der Waals surface area contributed by atoms with Crippen molar-refractivity contribution in [2.75, 3.05) is 5.32 Å². The van der Waals surface area contributed by atoms with Gasteiger partial charge in [0, 0.05) is 38.6 Å². The van der Waals surface area contributed by atoms with Crippen molar-refractivity contribution in [1.29, 1.82) is 0 Å². The lowest BCUT2D eigenvalue weighted by Gasteiger charge is -2.18. The number of pyridine rings is 1. The van der Waals surface area contributed by atoms with Crippen LogP contribution in [0.25, 0.3) is 17.0 Å². The van der Waals surface area contributed by atoms with Gasteiger partial charge in [0.25, 0.3) is 0 Å². The zero-order valence-corrected chi connectivity index (χ0v) is 23.2. The fraction of sp³-hybridized carbons (Fsp3) is 0.100. The van der Waals surface area contributed by atoms with Gasteiger partial charge in [-0.2, -0.15) is 0 Å². The maximum Gasteiger partial charge on any atom is 0.336 e. The van der Waals surface area contributed by atoms with Crippen molar-refractivity contribution in [2.45, 2.75) is 18.4 Å². The second-order valence-corrected chi connectivity index (χ2v) is 9.83. The zero-order valence-electron chi connectivity index (χ0n) is 21.7. The number of carbonyl (C=O) groups excluding carboxylic acids is 1. The normalized spacial score (nSPS) is 11.0. The first kappa shape index (κ1) is 31.8. The lowest BCUT2D eigenvalue weighted by Crippen LogP contribution is -2.42. The molecule has 0 aliphatic rings. The summed E-state index contributed by atoms with van der Waals surface area (Å²) in [6.07, 6.45) is 2.78. The molecule has 10 nitrogen and oxygen atoms in total. The molecule has 0 amide bonds. The Bertz CT molecular complexity index is 1640. The topological polar surface area (TPSA) is 174 Å². The van der Waals surface area contributed by atoms with E-state index < -0.39 is 36.4 Å². The quantitative estimate of drug-likeness (QED) is 0.107. The van der Waals surface area contributed by atoms with Crippen LogP contribution in [-0.4, -0.2) is 54.7 Å². The minimum Gasteiger partial charge on any atom is -0.481 e. The number of aromatic nitrogens is 1. The number of benzene rings is 3. The number of aliphatic hydroxyl groups is 1. The number of hydrogen-bond acceptors (Lipinski definition) is 7. The molecule has 0 atom stereocenters. The van der Waals surface area contributed by atoms with Crippen molar-refractivity contribution in [3.63, 3.8) is 0 Å². The van der Waals surface area contributed by atoms with Crippen molar-refractivity contribution in [3.8, 4) is 0 Å². The van der Waals surface area contributed by atoms with E-state index in [1.165, 1.54) is 0 Å². The summed E-state index contributed by atoms with van der Waals surface area (Å²) in [4.78, 5) is 47.4. The number of carboxylic acids is 3. The Balaban J connectivity index is 0.000000316. The van der Waals surface area contributed by atoms with Gasteiger partial charge in [0.2, 0.25) is 0 Å². The fourth-order valence-corrected chi connectivity index (χ4v) is 3.98. The number of carboxylic acid groups (broad SMARTS) is 3. The predicted octanol–water partition coefficient (Wildman–Crippen LogP) is 5.93. The number of allylic oxidation sites excluding steroid dienone is 1. The molecule has 3 aromatic carbocycles. The van der Waals surface area contributed by atoms with Crippen LogP contribution in [0.15, 0.2) is 85.1 Å². The summed E-state index contributed by atoms with van der Waals surface area (Å²) in [6, 6.07) is 22.2. The second kappa shape index (κ2) is 14.2. The van der Waals surface area contributed by atoms with Gasteiger partial charge in [-0.15, -0.1) is 0 Å². The van der Waals surface area contributed by atoms with Crippen molar-refractivity contribution in [1.82, 2.24) is 4.98 Å². The van der Waals surface area contributed by atoms with Gasteiger partial charge in [-0.3, -0.25) is 19.4 Å². The first-order valence-corrected chi connectivity index (χ1v) is 12.9. The van der Waals surface area contributed by atoms with E-state index in [-0.39, 0.29) is 5.78 Å². The first-order valence-electron chi connectivity index (χ1n) is 12.1. The SMILES string of the molecule is O=C(/C=C/c1ccc(Cl)cc1)c1cccc(Nc2ccnc3cc(Cl)ccc23)c1.O=C(O)CC(O)(CC(=O)O)C(=O)O. The number of hydrogen-bond donors (Lipinski definition) is 5. The summed E-state index contributed by atoms with van der Waals surface area (Å²) in [7, 11) is 0. The van der Waals surface area contributed by atoms with Gasteiger partial charge in [0.15, 0.2) is 11.4 Å². The molecule has 0 bridgehead atoms. The Morgan fingerprint density at radius 2 is 1.48 bits per heavy atom. The number of anilines is 2. The molecule has 12 heteroatoms. The van der Waals surface area contributed by atoms with Gasteiger partial charge in [0.1, 0.15) is 0 Å². The van der Waals surface area contributed by atoms with Crippen LogP contribution in [0.3, 0.4) is 0 Å². The van der Waals surface area contributed by atoms with Crippen molar-refractivity contribution in [2.24, 2.45) is 0 Å². The molecule has 0 radical (unpaired) electrons. The van der Waals surface area contributed by atoms with Gasteiger partial charge in [-0.25, -0.2) is 4.79 Å². The van der Waals surface area contributed by atoms with E-state index in [1.54, 1.807) is 36.5 Å². The lowest BCUT2D eigenvalue weighted by molar-refractivity contribution is -0.170. The number of halogens is 2. The molecule has 5 N–H and O–H groups in total. The summed E-state index contributed by atoms with van der Waals surface area (Å²) < 4.78 is 0. The molecule has 0 saturated heterocycles. The third kappa shape index (κ3) is 9.13. The minimum absolute atomic E-state index is 0.0741. The molecule has 0 saturated carbocycles. The molecule has 4 aromatic rings. The van der Waals surface area contributed by atoms with Crippen molar-refractivity contribution in [3.05, 3.63) is 106 Å². The molecule has 216 valence electrons. The van der Waals surface area contributed by atoms with E-state index in [4.69, 9.17) is 43.6 Å². The molecule has 0 aliphatic heterocycles. The fourth-order valence-electron chi connectivity index (χ4n) is 3.69. The number of nitrogens with zero attached hydrogens (tertiary/aromatic N) is 1. The van der Waals surface area contributed by atoms with Crippen LogP contribution in [0.2, 0.25) is 10.0 Å². The number of fused-ring (bicyclic) bond motifs is 1. The summed E-state index contributed by atoms with van der Waals surface area (Å²) in [5.41, 5.74) is 1.30. The average molecular weight is 611 g/mol. The Morgan fingerprint density at radius 3 is 2.10 bits per heavy atom. The Labute approximate surface area is 249 Å². The highest BCUT2D eigenvalue weighted by Crippen LogP contribution is 2.27. The lowest BCUT2D eigenvalue weighted by atomic mass is 9.96. The first-order chi connectivity index (χ1) is 19.9. The van der Waals surface area contributed by atoms with Gasteiger partial charge in [-0.1, -0.05) is 53.5 Å². The van der Waals surface area contributed by atoms with Gasteiger partial charge < -0.3 is 25.7 Å². The van der Waals surface area contributed by atoms with Gasteiger partial charge >= 0.3 is 17.9 Å². The van der Waals surface area contributed by atoms with Gasteiger partial charge in [0.05, 0.1) is 18.4 Å². The monoisotopic (exact) mass is 610 g/mol. The van der Waals surface area contributed by atoms with E-state index in [9.17, 15) is 19.2 Å². The molecule has 0 unspecified atom stereocenters. The van der Waals surface area contributed by atoms with Crippen LogP contribution >= 0.6 is 23.2 Å². The highest BCUT2D eigenvalue weighted by Gasteiger charge is 2.40. The number of aliphatic carboxylic acids is 3. The van der Waals surface area contributed by atoms with Crippen LogP contribution in [0.4, 0.5) is 11.4 Å². The minimum atomic E-state index is -2.74. The molecule has 0 fully saturated rings. The van der Waals surface area contributed by atoms with E-state index in [2.05, 4.69) is 10.3 Å². The molecule has 4 rings (SSSR count). The number of ketones is 1. The van der Waals surface area contributed by atoms with Crippen LogP contribution < -0.4 is 5.32 Å².